The van der Waals surface area contributed by atoms with Gasteiger partial charge in [0.05, 0.1) is 19.3 Å². The number of rotatable bonds is 5. The molecule has 3 heterocycles. The minimum absolute atomic E-state index is 0.199. The fourth-order valence-corrected chi connectivity index (χ4v) is 3.47. The van der Waals surface area contributed by atoms with Crippen LogP contribution < -0.4 is 4.90 Å². The fraction of sp³-hybridized carbons (Fsp3) is 0.588. The van der Waals surface area contributed by atoms with Crippen LogP contribution in [-0.2, 0) is 20.9 Å². The van der Waals surface area contributed by atoms with E-state index in [1.807, 2.05) is 10.8 Å². The van der Waals surface area contributed by atoms with Crippen LogP contribution in [0.25, 0.3) is 5.95 Å². The Morgan fingerprint density at radius 3 is 2.88 bits per heavy atom. The van der Waals surface area contributed by atoms with Gasteiger partial charge in [-0.15, -0.1) is 0 Å². The smallest absolute Gasteiger partial charge is 0.239 e. The second-order valence-electron chi connectivity index (χ2n) is 6.74. The highest BCUT2D eigenvalue weighted by Crippen LogP contribution is 2.24. The van der Waals surface area contributed by atoms with E-state index < -0.39 is 9.73 Å². The lowest BCUT2D eigenvalue weighted by Gasteiger charge is -2.34. The van der Waals surface area contributed by atoms with Gasteiger partial charge in [-0.1, -0.05) is 6.92 Å². The van der Waals surface area contributed by atoms with E-state index in [0.29, 0.717) is 25.0 Å². The van der Waals surface area contributed by atoms with Crippen LogP contribution in [0, 0.1) is 0 Å². The molecule has 0 aromatic carbocycles. The van der Waals surface area contributed by atoms with Gasteiger partial charge in [-0.05, 0) is 13.3 Å². The average Bonchev–Trinajstić information content (AvgIpc) is 3.02. The number of ether oxygens (including phenoxy) is 1. The SMILES string of the molecule is CCCc1nccn1-c1nc(N=S(C)(C)=O)cc(N2CCOC[C@H]2C)n1. The molecule has 1 saturated heterocycles. The molecule has 0 spiro atoms. The number of imidazole rings is 1. The standard InChI is InChI=1S/C17H26N6O2S/c1-5-6-15-18-7-8-23(15)17-19-14(21-26(3,4)24)11-16(20-17)22-9-10-25-12-13(22)2/h7-8,11,13H,5-6,9-10,12H2,1-4H3/t13-/m1/s1. The zero-order valence-electron chi connectivity index (χ0n) is 15.8. The molecule has 2 aromatic heterocycles. The molecule has 0 amide bonds. The highest BCUT2D eigenvalue weighted by Gasteiger charge is 2.22. The summed E-state index contributed by atoms with van der Waals surface area (Å²) in [6, 6.07) is 2.00. The lowest BCUT2D eigenvalue weighted by atomic mass is 10.2. The van der Waals surface area contributed by atoms with Crippen LogP contribution in [0.1, 0.15) is 26.1 Å². The number of nitrogens with zero attached hydrogens (tertiary/aromatic N) is 6. The maximum absolute atomic E-state index is 12.2. The minimum Gasteiger partial charge on any atom is -0.377 e. The van der Waals surface area contributed by atoms with Crippen molar-refractivity contribution >= 4 is 21.4 Å². The highest BCUT2D eigenvalue weighted by molar-refractivity contribution is 7.92. The van der Waals surface area contributed by atoms with Crippen LogP contribution in [0.4, 0.5) is 11.6 Å². The molecule has 2 aromatic rings. The Labute approximate surface area is 154 Å². The molecular weight excluding hydrogens is 352 g/mol. The topological polar surface area (TPSA) is 85.5 Å². The first-order valence-corrected chi connectivity index (χ1v) is 11.1. The zero-order chi connectivity index (χ0) is 18.7. The first-order chi connectivity index (χ1) is 12.4. The first kappa shape index (κ1) is 18.8. The number of anilines is 1. The van der Waals surface area contributed by atoms with Gasteiger partial charge in [0.25, 0.3) is 0 Å². The maximum atomic E-state index is 12.2. The highest BCUT2D eigenvalue weighted by atomic mass is 32.2. The summed E-state index contributed by atoms with van der Waals surface area (Å²) in [7, 11) is -2.33. The summed E-state index contributed by atoms with van der Waals surface area (Å²) in [5.74, 6) is 2.60. The zero-order valence-corrected chi connectivity index (χ0v) is 16.6. The van der Waals surface area contributed by atoms with Gasteiger partial charge >= 0.3 is 0 Å². The summed E-state index contributed by atoms with van der Waals surface area (Å²) in [4.78, 5) is 15.9. The minimum atomic E-state index is -2.33. The summed E-state index contributed by atoms with van der Waals surface area (Å²) in [5.41, 5.74) is 0. The van der Waals surface area contributed by atoms with E-state index in [4.69, 9.17) is 9.72 Å². The molecule has 3 rings (SSSR count). The van der Waals surface area contributed by atoms with Crippen LogP contribution in [0.15, 0.2) is 22.8 Å². The molecule has 1 aliphatic heterocycles. The van der Waals surface area contributed by atoms with E-state index >= 15 is 0 Å². The quantitative estimate of drug-likeness (QED) is 0.793. The van der Waals surface area contributed by atoms with Crippen molar-refractivity contribution in [3.8, 4) is 5.95 Å². The molecule has 142 valence electrons. The molecule has 0 aliphatic carbocycles. The molecule has 1 fully saturated rings. The summed E-state index contributed by atoms with van der Waals surface area (Å²) >= 11 is 0. The monoisotopic (exact) mass is 378 g/mol. The molecule has 0 unspecified atom stereocenters. The van der Waals surface area contributed by atoms with Crippen molar-refractivity contribution in [2.75, 3.05) is 37.2 Å². The van der Waals surface area contributed by atoms with Gasteiger partial charge in [0.15, 0.2) is 5.82 Å². The van der Waals surface area contributed by atoms with Crippen molar-refractivity contribution < 1.29 is 8.95 Å². The molecular formula is C17H26N6O2S. The molecule has 1 atom stereocenters. The van der Waals surface area contributed by atoms with Crippen LogP contribution >= 0.6 is 0 Å². The largest absolute Gasteiger partial charge is 0.377 e. The maximum Gasteiger partial charge on any atom is 0.239 e. The predicted octanol–water partition coefficient (Wildman–Crippen LogP) is 2.20. The lowest BCUT2D eigenvalue weighted by Crippen LogP contribution is -2.44. The predicted molar refractivity (Wildman–Crippen MR) is 103 cm³/mol. The third-order valence-electron chi connectivity index (χ3n) is 4.07. The van der Waals surface area contributed by atoms with E-state index in [9.17, 15) is 4.21 Å². The van der Waals surface area contributed by atoms with E-state index in [0.717, 1.165) is 31.0 Å². The average molecular weight is 379 g/mol. The third kappa shape index (κ3) is 4.39. The van der Waals surface area contributed by atoms with Gasteiger partial charge in [-0.25, -0.2) is 9.19 Å². The number of morpholine rings is 1. The number of hydrogen-bond donors (Lipinski definition) is 0. The Morgan fingerprint density at radius 2 is 2.19 bits per heavy atom. The Balaban J connectivity index is 2.11. The number of aromatic nitrogens is 4. The summed E-state index contributed by atoms with van der Waals surface area (Å²) in [5, 5.41) is 0. The third-order valence-corrected chi connectivity index (χ3v) is 4.70. The molecule has 9 heteroatoms. The number of aryl methyl sites for hydroxylation is 1. The van der Waals surface area contributed by atoms with Crippen LogP contribution in [0.3, 0.4) is 0 Å². The van der Waals surface area contributed by atoms with Crippen molar-refractivity contribution in [1.29, 1.82) is 0 Å². The van der Waals surface area contributed by atoms with E-state index in [2.05, 4.69) is 33.1 Å². The van der Waals surface area contributed by atoms with Crippen molar-refractivity contribution in [1.82, 2.24) is 19.5 Å². The van der Waals surface area contributed by atoms with Crippen molar-refractivity contribution in [3.05, 3.63) is 24.3 Å². The van der Waals surface area contributed by atoms with Crippen LogP contribution in [0.5, 0.6) is 0 Å². The van der Waals surface area contributed by atoms with Gasteiger partial charge in [-0.3, -0.25) is 4.57 Å². The van der Waals surface area contributed by atoms with Crippen molar-refractivity contribution in [3.63, 3.8) is 0 Å². The summed E-state index contributed by atoms with van der Waals surface area (Å²) in [6.45, 7) is 6.25. The second-order valence-corrected chi connectivity index (χ2v) is 9.28. The van der Waals surface area contributed by atoms with Crippen LogP contribution in [-0.4, -0.2) is 62.0 Å². The second kappa shape index (κ2) is 7.71. The fourth-order valence-electron chi connectivity index (χ4n) is 2.93. The van der Waals surface area contributed by atoms with Crippen molar-refractivity contribution in [2.24, 2.45) is 4.36 Å². The van der Waals surface area contributed by atoms with Gasteiger partial charge in [0.2, 0.25) is 5.95 Å². The van der Waals surface area contributed by atoms with Gasteiger partial charge < -0.3 is 9.64 Å². The molecule has 0 bridgehead atoms. The van der Waals surface area contributed by atoms with Gasteiger partial charge in [0, 0.05) is 53.7 Å². The molecule has 0 radical (unpaired) electrons. The first-order valence-electron chi connectivity index (χ1n) is 8.80. The Bertz CT molecular complexity index is 879. The van der Waals surface area contributed by atoms with E-state index in [1.165, 1.54) is 0 Å². The summed E-state index contributed by atoms with van der Waals surface area (Å²) in [6.07, 6.45) is 8.62. The molecule has 0 N–H and O–H groups in total. The number of hydrogen-bond acceptors (Lipinski definition) is 7. The Hall–Kier alpha value is -2.00. The molecule has 1 aliphatic rings. The van der Waals surface area contributed by atoms with E-state index in [1.54, 1.807) is 24.8 Å². The molecule has 0 saturated carbocycles. The van der Waals surface area contributed by atoms with Gasteiger partial charge in [-0.2, -0.15) is 14.3 Å². The Kier molecular flexibility index (Phi) is 5.57. The van der Waals surface area contributed by atoms with E-state index in [-0.39, 0.29) is 6.04 Å². The Morgan fingerprint density at radius 1 is 1.38 bits per heavy atom. The normalized spacial score (nSPS) is 18.2. The van der Waals surface area contributed by atoms with Gasteiger partial charge in [0.1, 0.15) is 11.6 Å². The van der Waals surface area contributed by atoms with Crippen LogP contribution in [0.2, 0.25) is 0 Å². The molecule has 26 heavy (non-hydrogen) atoms. The van der Waals surface area contributed by atoms with Crippen molar-refractivity contribution in [2.45, 2.75) is 32.7 Å². The lowest BCUT2D eigenvalue weighted by molar-refractivity contribution is 0.0985. The molecule has 8 nitrogen and oxygen atoms in total. The summed E-state index contributed by atoms with van der Waals surface area (Å²) < 4.78 is 23.9.